The number of phenolic OH excluding ortho intramolecular Hbond substituents is 1. The molecule has 0 amide bonds. The minimum atomic E-state index is 0.0776. The molecule has 0 aromatic heterocycles. The molecule has 0 unspecified atom stereocenters. The van der Waals surface area contributed by atoms with Crippen molar-refractivity contribution in [3.63, 3.8) is 0 Å². The smallest absolute Gasteiger partial charge is 0.143 e. The van der Waals surface area contributed by atoms with Gasteiger partial charge in [0.25, 0.3) is 0 Å². The second-order valence-electron chi connectivity index (χ2n) is 5.73. The van der Waals surface area contributed by atoms with Crippen molar-refractivity contribution in [2.24, 2.45) is 20.5 Å². The summed E-state index contributed by atoms with van der Waals surface area (Å²) in [6, 6.07) is 15.2. The van der Waals surface area contributed by atoms with Crippen molar-refractivity contribution in [3.8, 4) is 5.75 Å². The molecule has 0 saturated carbocycles. The number of benzene rings is 3. The molecule has 0 radical (unpaired) electrons. The SMILES string of the molecule is Cc1ccc(O)c(N=Nc2ccc(N=Nc3cc(Cl)c(N)cc3Cl)cc2)c1. The van der Waals surface area contributed by atoms with Gasteiger partial charge in [-0.1, -0.05) is 29.3 Å². The first kappa shape index (κ1) is 18.8. The Morgan fingerprint density at radius 3 is 1.96 bits per heavy atom. The Bertz CT molecular complexity index is 1030. The van der Waals surface area contributed by atoms with E-state index >= 15 is 0 Å². The Morgan fingerprint density at radius 2 is 1.33 bits per heavy atom. The van der Waals surface area contributed by atoms with Crippen molar-refractivity contribution in [1.82, 2.24) is 0 Å². The number of aromatic hydroxyl groups is 1. The molecule has 8 heteroatoms. The van der Waals surface area contributed by atoms with Gasteiger partial charge in [0.1, 0.15) is 17.1 Å². The summed E-state index contributed by atoms with van der Waals surface area (Å²) < 4.78 is 0. The van der Waals surface area contributed by atoms with Gasteiger partial charge in [0.2, 0.25) is 0 Å². The monoisotopic (exact) mass is 399 g/mol. The highest BCUT2D eigenvalue weighted by Crippen LogP contribution is 2.34. The molecule has 0 atom stereocenters. The zero-order chi connectivity index (χ0) is 19.4. The van der Waals surface area contributed by atoms with Crippen molar-refractivity contribution >= 4 is 51.6 Å². The third-order valence-corrected chi connectivity index (χ3v) is 4.22. The molecule has 27 heavy (non-hydrogen) atoms. The van der Waals surface area contributed by atoms with Crippen LogP contribution in [0.3, 0.4) is 0 Å². The molecule has 0 saturated heterocycles. The van der Waals surface area contributed by atoms with Gasteiger partial charge in [0.05, 0.1) is 27.1 Å². The predicted octanol–water partition coefficient (Wildman–Crippen LogP) is 7.42. The number of halogens is 2. The van der Waals surface area contributed by atoms with Crippen LogP contribution in [0.2, 0.25) is 10.0 Å². The maximum Gasteiger partial charge on any atom is 0.143 e. The maximum atomic E-state index is 9.79. The standard InChI is InChI=1S/C19H15Cl2N5O/c1-11-2-7-19(27)18(8-11)26-24-13-5-3-12(4-6-13)23-25-17-10-14(20)16(22)9-15(17)21/h2-10,27H,22H2,1H3. The van der Waals surface area contributed by atoms with Crippen molar-refractivity contribution < 1.29 is 5.11 Å². The second kappa shape index (κ2) is 8.16. The molecular formula is C19H15Cl2N5O. The highest BCUT2D eigenvalue weighted by Gasteiger charge is 2.04. The number of nitrogens with zero attached hydrogens (tertiary/aromatic N) is 4. The van der Waals surface area contributed by atoms with Crippen molar-refractivity contribution in [2.75, 3.05) is 5.73 Å². The molecule has 0 aliphatic rings. The van der Waals surface area contributed by atoms with E-state index in [1.165, 1.54) is 6.07 Å². The minimum Gasteiger partial charge on any atom is -0.506 e. The summed E-state index contributed by atoms with van der Waals surface area (Å²) in [6.45, 7) is 1.92. The van der Waals surface area contributed by atoms with Gasteiger partial charge in [0.15, 0.2) is 0 Å². The molecule has 3 N–H and O–H groups in total. The Kier molecular flexibility index (Phi) is 5.69. The van der Waals surface area contributed by atoms with Gasteiger partial charge < -0.3 is 10.8 Å². The highest BCUT2D eigenvalue weighted by atomic mass is 35.5. The lowest BCUT2D eigenvalue weighted by molar-refractivity contribution is 0.476. The molecule has 0 spiro atoms. The van der Waals surface area contributed by atoms with E-state index in [1.807, 2.05) is 6.92 Å². The van der Waals surface area contributed by atoms with E-state index in [0.29, 0.717) is 38.5 Å². The number of phenols is 1. The van der Waals surface area contributed by atoms with Gasteiger partial charge in [0, 0.05) is 0 Å². The van der Waals surface area contributed by atoms with E-state index in [4.69, 9.17) is 28.9 Å². The van der Waals surface area contributed by atoms with Gasteiger partial charge in [-0.3, -0.25) is 0 Å². The van der Waals surface area contributed by atoms with Crippen LogP contribution in [0.5, 0.6) is 5.75 Å². The lowest BCUT2D eigenvalue weighted by Gasteiger charge is -2.01. The van der Waals surface area contributed by atoms with E-state index in [9.17, 15) is 5.11 Å². The fourth-order valence-electron chi connectivity index (χ4n) is 2.15. The number of nitrogens with two attached hydrogens (primary N) is 1. The number of azo groups is 2. The van der Waals surface area contributed by atoms with Gasteiger partial charge in [-0.25, -0.2) is 0 Å². The maximum absolute atomic E-state index is 9.79. The minimum absolute atomic E-state index is 0.0776. The van der Waals surface area contributed by atoms with Crippen LogP contribution >= 0.6 is 23.2 Å². The number of hydrogen-bond acceptors (Lipinski definition) is 6. The summed E-state index contributed by atoms with van der Waals surface area (Å²) in [5.41, 5.74) is 9.11. The van der Waals surface area contributed by atoms with Crippen LogP contribution in [0.15, 0.2) is 75.1 Å². The normalized spacial score (nSPS) is 11.5. The van der Waals surface area contributed by atoms with E-state index < -0.39 is 0 Å². The summed E-state index contributed by atoms with van der Waals surface area (Å²) in [6.07, 6.45) is 0. The first-order valence-corrected chi connectivity index (χ1v) is 8.65. The third-order valence-electron chi connectivity index (χ3n) is 3.59. The van der Waals surface area contributed by atoms with Gasteiger partial charge in [-0.05, 0) is 61.0 Å². The molecule has 0 heterocycles. The van der Waals surface area contributed by atoms with Crippen LogP contribution < -0.4 is 5.73 Å². The number of rotatable bonds is 4. The highest BCUT2D eigenvalue weighted by molar-refractivity contribution is 6.36. The quantitative estimate of drug-likeness (QED) is 0.352. The molecule has 0 aliphatic carbocycles. The van der Waals surface area contributed by atoms with Gasteiger partial charge in [-0.15, -0.1) is 10.2 Å². The molecule has 0 aliphatic heterocycles. The summed E-state index contributed by atoms with van der Waals surface area (Å²) in [7, 11) is 0. The predicted molar refractivity (Wildman–Crippen MR) is 109 cm³/mol. The molecule has 3 aromatic carbocycles. The van der Waals surface area contributed by atoms with Crippen LogP contribution in [0, 0.1) is 6.92 Å². The average molecular weight is 400 g/mol. The van der Waals surface area contributed by atoms with Crippen LogP contribution in [-0.2, 0) is 0 Å². The van der Waals surface area contributed by atoms with E-state index in [1.54, 1.807) is 48.5 Å². The molecule has 0 bridgehead atoms. The van der Waals surface area contributed by atoms with E-state index in [0.717, 1.165) is 5.56 Å². The number of aryl methyl sites for hydroxylation is 1. The first-order chi connectivity index (χ1) is 12.9. The average Bonchev–Trinajstić information content (AvgIpc) is 2.65. The molecule has 0 fully saturated rings. The fraction of sp³-hybridized carbons (Fsp3) is 0.0526. The van der Waals surface area contributed by atoms with Gasteiger partial charge in [-0.2, -0.15) is 10.2 Å². The zero-order valence-electron chi connectivity index (χ0n) is 14.3. The van der Waals surface area contributed by atoms with Crippen LogP contribution in [0.25, 0.3) is 0 Å². The number of anilines is 1. The molecule has 136 valence electrons. The fourth-order valence-corrected chi connectivity index (χ4v) is 2.52. The Balaban J connectivity index is 1.75. The molecule has 6 nitrogen and oxygen atoms in total. The lowest BCUT2D eigenvalue weighted by atomic mass is 10.2. The Morgan fingerprint density at radius 1 is 0.741 bits per heavy atom. The van der Waals surface area contributed by atoms with Crippen molar-refractivity contribution in [2.45, 2.75) is 6.92 Å². The van der Waals surface area contributed by atoms with E-state index in [2.05, 4.69) is 20.5 Å². The summed E-state index contributed by atoms with van der Waals surface area (Å²) in [5.74, 6) is 0.0776. The number of hydrogen-bond donors (Lipinski definition) is 2. The second-order valence-corrected chi connectivity index (χ2v) is 6.55. The van der Waals surface area contributed by atoms with E-state index in [-0.39, 0.29) is 5.75 Å². The van der Waals surface area contributed by atoms with Gasteiger partial charge >= 0.3 is 0 Å². The van der Waals surface area contributed by atoms with Crippen molar-refractivity contribution in [3.05, 3.63) is 70.2 Å². The van der Waals surface area contributed by atoms with Crippen LogP contribution in [0.1, 0.15) is 5.56 Å². The summed E-state index contributed by atoms with van der Waals surface area (Å²) in [5, 5.41) is 26.9. The summed E-state index contributed by atoms with van der Waals surface area (Å²) >= 11 is 12.0. The third kappa shape index (κ3) is 4.81. The summed E-state index contributed by atoms with van der Waals surface area (Å²) in [4.78, 5) is 0. The largest absolute Gasteiger partial charge is 0.506 e. The topological polar surface area (TPSA) is 95.7 Å². The molecule has 3 rings (SSSR count). The lowest BCUT2D eigenvalue weighted by Crippen LogP contribution is -1.85. The molecule has 3 aromatic rings. The Hall–Kier alpha value is -2.96. The Labute approximate surface area is 166 Å². The van der Waals surface area contributed by atoms with Crippen LogP contribution in [0.4, 0.5) is 28.4 Å². The van der Waals surface area contributed by atoms with Crippen molar-refractivity contribution in [1.29, 1.82) is 0 Å². The van der Waals surface area contributed by atoms with Crippen LogP contribution in [-0.4, -0.2) is 5.11 Å². The first-order valence-electron chi connectivity index (χ1n) is 7.90. The molecular weight excluding hydrogens is 385 g/mol. The zero-order valence-corrected chi connectivity index (χ0v) is 15.8. The number of nitrogen functional groups attached to an aromatic ring is 1.